The summed E-state index contributed by atoms with van der Waals surface area (Å²) in [5.41, 5.74) is 9.76. The Morgan fingerprint density at radius 3 is 2.00 bits per heavy atom. The molecule has 0 amide bonds. The van der Waals surface area contributed by atoms with Crippen molar-refractivity contribution in [3.05, 3.63) is 106 Å². The second kappa shape index (κ2) is 15.7. The molecule has 0 aromatic heterocycles. The highest BCUT2D eigenvalue weighted by Gasteiger charge is 2.21. The van der Waals surface area contributed by atoms with Crippen molar-refractivity contribution < 1.29 is 14.6 Å². The topological polar surface area (TPSA) is 54.0 Å². The van der Waals surface area contributed by atoms with Gasteiger partial charge in [-0.1, -0.05) is 92.2 Å². The molecular weight excluding hydrogens is 508 g/mol. The maximum absolute atomic E-state index is 9.73. The molecule has 1 aliphatic carbocycles. The molecule has 218 valence electrons. The van der Waals surface area contributed by atoms with Crippen LogP contribution < -0.4 is 10.1 Å². The zero-order chi connectivity index (χ0) is 29.0. The van der Waals surface area contributed by atoms with Crippen molar-refractivity contribution >= 4 is 17.7 Å². The largest absolute Gasteiger partial charge is 0.491 e. The first-order chi connectivity index (χ1) is 19.9. The summed E-state index contributed by atoms with van der Waals surface area (Å²) in [4.78, 5) is 2.43. The first-order valence-electron chi connectivity index (χ1n) is 14.8. The Morgan fingerprint density at radius 1 is 0.854 bits per heavy atom. The number of likely N-dealkylation sites (tertiary alicyclic amines) is 1. The minimum atomic E-state index is -0.490. The highest BCUT2D eigenvalue weighted by molar-refractivity contribution is 5.94. The smallest absolute Gasteiger partial charge is 0.119 e. The molecule has 1 atom stereocenters. The maximum Gasteiger partial charge on any atom is 0.119 e. The van der Waals surface area contributed by atoms with Crippen LogP contribution in [0.1, 0.15) is 54.5 Å². The number of rotatable bonds is 9. The van der Waals surface area contributed by atoms with E-state index < -0.39 is 6.10 Å². The van der Waals surface area contributed by atoms with Gasteiger partial charge in [-0.3, -0.25) is 0 Å². The molecular formula is C36H46N2O3. The van der Waals surface area contributed by atoms with E-state index in [1.165, 1.54) is 46.2 Å². The van der Waals surface area contributed by atoms with E-state index >= 15 is 0 Å². The minimum absolute atomic E-state index is 0.303. The number of nitrogens with one attached hydrogen (secondary N) is 1. The number of nitrogens with zero attached hydrogens (tertiary/aromatic N) is 1. The van der Waals surface area contributed by atoms with E-state index in [4.69, 9.17) is 9.47 Å². The number of aliphatic hydroxyl groups is 1. The van der Waals surface area contributed by atoms with Gasteiger partial charge in [0.15, 0.2) is 0 Å². The van der Waals surface area contributed by atoms with Crippen LogP contribution in [-0.2, 0) is 11.2 Å². The summed E-state index contributed by atoms with van der Waals surface area (Å²) >= 11 is 0. The summed E-state index contributed by atoms with van der Waals surface area (Å²) in [5.74, 6) is 0.782. The van der Waals surface area contributed by atoms with Gasteiger partial charge in [0.05, 0.1) is 6.61 Å². The number of hydrogen-bond donors (Lipinski definition) is 2. The fourth-order valence-electron chi connectivity index (χ4n) is 5.18. The van der Waals surface area contributed by atoms with Crippen LogP contribution in [0.5, 0.6) is 5.75 Å². The zero-order valence-corrected chi connectivity index (χ0v) is 25.1. The van der Waals surface area contributed by atoms with Gasteiger partial charge in [0.25, 0.3) is 0 Å². The van der Waals surface area contributed by atoms with E-state index in [1.54, 1.807) is 12.7 Å². The second-order valence-electron chi connectivity index (χ2n) is 11.2. The summed E-state index contributed by atoms with van der Waals surface area (Å²) in [5, 5.41) is 12.9. The monoisotopic (exact) mass is 554 g/mol. The Bertz CT molecular complexity index is 1230. The van der Waals surface area contributed by atoms with Crippen molar-refractivity contribution in [1.82, 2.24) is 10.2 Å². The van der Waals surface area contributed by atoms with Crippen LogP contribution in [0.2, 0.25) is 0 Å². The fourth-order valence-corrected chi connectivity index (χ4v) is 5.18. The zero-order valence-electron chi connectivity index (χ0n) is 25.1. The van der Waals surface area contributed by atoms with Crippen LogP contribution in [0.15, 0.2) is 78.4 Å². The Balaban J connectivity index is 0.000000192. The lowest BCUT2D eigenvalue weighted by Gasteiger charge is -2.27. The third-order valence-corrected chi connectivity index (χ3v) is 7.57. The molecule has 3 aromatic rings. The number of benzene rings is 3. The van der Waals surface area contributed by atoms with Crippen molar-refractivity contribution in [3.63, 3.8) is 0 Å². The molecule has 0 spiro atoms. The quantitative estimate of drug-likeness (QED) is 0.254. The molecule has 1 saturated heterocycles. The van der Waals surface area contributed by atoms with Gasteiger partial charge in [-0.15, -0.1) is 0 Å². The van der Waals surface area contributed by atoms with Gasteiger partial charge in [0.1, 0.15) is 18.5 Å². The average molecular weight is 555 g/mol. The summed E-state index contributed by atoms with van der Waals surface area (Å²) < 4.78 is 10.6. The van der Waals surface area contributed by atoms with Crippen molar-refractivity contribution in [2.24, 2.45) is 0 Å². The molecule has 2 N–H and O–H groups in total. The first kappa shape index (κ1) is 30.7. The molecule has 5 heteroatoms. The molecule has 1 unspecified atom stereocenters. The van der Waals surface area contributed by atoms with Crippen molar-refractivity contribution in [1.29, 1.82) is 0 Å². The average Bonchev–Trinajstić information content (AvgIpc) is 3.16. The summed E-state index contributed by atoms with van der Waals surface area (Å²) in [6.07, 6.45) is 7.28. The van der Waals surface area contributed by atoms with Gasteiger partial charge in [-0.05, 0) is 71.8 Å². The molecule has 1 heterocycles. The summed E-state index contributed by atoms with van der Waals surface area (Å²) in [6, 6.07) is 25.9. The normalized spacial score (nSPS) is 15.5. The van der Waals surface area contributed by atoms with Gasteiger partial charge in [-0.2, -0.15) is 0 Å². The predicted molar refractivity (Wildman–Crippen MR) is 171 cm³/mol. The number of piperidine rings is 1. The first-order valence-corrected chi connectivity index (χ1v) is 14.8. The lowest BCUT2D eigenvalue weighted by molar-refractivity contribution is 0.104. The number of methoxy groups -OCH3 is 1. The number of ether oxygens (including phenoxy) is 2. The molecule has 2 aliphatic rings. The van der Waals surface area contributed by atoms with Gasteiger partial charge < -0.3 is 24.8 Å². The summed E-state index contributed by atoms with van der Waals surface area (Å²) in [7, 11) is 3.92. The fraction of sp³-hybridized carbons (Fsp3) is 0.389. The van der Waals surface area contributed by atoms with E-state index in [-0.39, 0.29) is 0 Å². The Kier molecular flexibility index (Phi) is 11.8. The van der Waals surface area contributed by atoms with Crippen LogP contribution in [-0.4, -0.2) is 69.2 Å². The van der Waals surface area contributed by atoms with Crippen LogP contribution in [0, 0.1) is 0 Å². The third-order valence-electron chi connectivity index (χ3n) is 7.57. The predicted octanol–water partition coefficient (Wildman–Crippen LogP) is 6.31. The molecule has 0 saturated carbocycles. The second-order valence-corrected chi connectivity index (χ2v) is 11.2. The third kappa shape index (κ3) is 9.14. The molecule has 1 aliphatic heterocycles. The van der Waals surface area contributed by atoms with E-state index in [0.29, 0.717) is 19.2 Å². The standard InChI is InChI=1S/C21H21N.C15H25NO3/c1-22-14-12-18(13-15-22)21-19-8-4-2-6-16(19)10-11-17-7-3-5-9-20(17)21;1-12(2)16-10-14(17)11-19-15-6-4-13(5-7-15)8-9-18-3/h2-11H,12-15H2,1H3;4-7,12,14,16-17H,8-11H2,1-3H3. The van der Waals surface area contributed by atoms with Crippen LogP contribution in [0.4, 0.5) is 0 Å². The Labute approximate surface area is 246 Å². The summed E-state index contributed by atoms with van der Waals surface area (Å²) in [6.45, 7) is 7.99. The van der Waals surface area contributed by atoms with Crippen LogP contribution in [0.3, 0.4) is 0 Å². The van der Waals surface area contributed by atoms with Crippen molar-refractivity contribution in [2.45, 2.75) is 45.3 Å². The number of aliphatic hydroxyl groups excluding tert-OH is 1. The molecule has 5 rings (SSSR count). The lowest BCUT2D eigenvalue weighted by atomic mass is 9.86. The van der Waals surface area contributed by atoms with Crippen molar-refractivity contribution in [3.8, 4) is 5.75 Å². The van der Waals surface area contributed by atoms with E-state index in [9.17, 15) is 5.11 Å². The van der Waals surface area contributed by atoms with Gasteiger partial charge in [-0.25, -0.2) is 0 Å². The van der Waals surface area contributed by atoms with E-state index in [1.807, 2.05) is 38.1 Å². The molecule has 41 heavy (non-hydrogen) atoms. The SMILES string of the molecule is CN1CCC(=C2c3ccccc3C=Cc3ccccc32)CC1.COCCc1ccc(OCC(O)CNC(C)C)cc1. The van der Waals surface area contributed by atoms with E-state index in [2.05, 4.69) is 77.9 Å². The number of hydrogen-bond acceptors (Lipinski definition) is 5. The molecule has 1 fully saturated rings. The molecule has 5 nitrogen and oxygen atoms in total. The highest BCUT2D eigenvalue weighted by Crippen LogP contribution is 2.38. The van der Waals surface area contributed by atoms with Gasteiger partial charge in [0.2, 0.25) is 0 Å². The van der Waals surface area contributed by atoms with Gasteiger partial charge >= 0.3 is 0 Å². The lowest BCUT2D eigenvalue weighted by Crippen LogP contribution is -2.35. The molecule has 0 bridgehead atoms. The van der Waals surface area contributed by atoms with Crippen molar-refractivity contribution in [2.75, 3.05) is 47.0 Å². The Hall–Kier alpha value is -3.22. The van der Waals surface area contributed by atoms with Crippen LogP contribution >= 0.6 is 0 Å². The van der Waals surface area contributed by atoms with Gasteiger partial charge in [0, 0.05) is 32.8 Å². The highest BCUT2D eigenvalue weighted by atomic mass is 16.5. The molecule has 0 radical (unpaired) electrons. The minimum Gasteiger partial charge on any atom is -0.491 e. The molecule has 3 aromatic carbocycles. The Morgan fingerprint density at radius 2 is 1.44 bits per heavy atom. The maximum atomic E-state index is 9.73. The van der Waals surface area contributed by atoms with Crippen LogP contribution in [0.25, 0.3) is 17.7 Å². The van der Waals surface area contributed by atoms with E-state index in [0.717, 1.165) is 31.9 Å². The number of fused-ring (bicyclic) bond motifs is 2.